The third-order valence-corrected chi connectivity index (χ3v) is 3.86. The van der Waals surface area contributed by atoms with E-state index in [9.17, 15) is 9.18 Å². The molecule has 0 saturated carbocycles. The fourth-order valence-electron chi connectivity index (χ4n) is 2.47. The number of hydrogen-bond acceptors (Lipinski definition) is 4. The molecule has 0 atom stereocenters. The Kier molecular flexibility index (Phi) is 4.36. The average Bonchev–Trinajstić information content (AvgIpc) is 2.59. The van der Waals surface area contributed by atoms with Crippen LogP contribution in [0.1, 0.15) is 5.56 Å². The lowest BCUT2D eigenvalue weighted by molar-refractivity contribution is 0.208. The van der Waals surface area contributed by atoms with Gasteiger partial charge in [-0.3, -0.25) is 4.98 Å². The minimum absolute atomic E-state index is 0.216. The molecule has 0 unspecified atom stereocenters. The second-order valence-corrected chi connectivity index (χ2v) is 5.43. The molecule has 6 nitrogen and oxygen atoms in total. The first-order chi connectivity index (χ1) is 11.1. The number of urea groups is 1. The second kappa shape index (κ2) is 6.60. The van der Waals surface area contributed by atoms with E-state index in [1.54, 1.807) is 42.5 Å². The first-order valence-electron chi connectivity index (χ1n) is 7.46. The highest BCUT2D eigenvalue weighted by Gasteiger charge is 2.22. The Morgan fingerprint density at radius 1 is 1.22 bits per heavy atom. The van der Waals surface area contributed by atoms with E-state index >= 15 is 0 Å². The van der Waals surface area contributed by atoms with Gasteiger partial charge in [-0.2, -0.15) is 0 Å². The summed E-state index contributed by atoms with van der Waals surface area (Å²) < 4.78 is 13.5. The highest BCUT2D eigenvalue weighted by atomic mass is 19.1. The van der Waals surface area contributed by atoms with Crippen molar-refractivity contribution >= 4 is 17.5 Å². The van der Waals surface area contributed by atoms with E-state index in [0.29, 0.717) is 37.4 Å². The molecule has 120 valence electrons. The Morgan fingerprint density at radius 2 is 2.00 bits per heavy atom. The molecular weight excluding hydrogens is 297 g/mol. The van der Waals surface area contributed by atoms with Gasteiger partial charge in [0.05, 0.1) is 6.20 Å². The zero-order valence-electron chi connectivity index (χ0n) is 12.9. The molecule has 7 heteroatoms. The number of carbonyl (C=O) groups excluding carboxylic acids is 1. The highest BCUT2D eigenvalue weighted by Crippen LogP contribution is 2.16. The van der Waals surface area contributed by atoms with E-state index in [2.05, 4.69) is 20.2 Å². The molecule has 0 bridgehead atoms. The van der Waals surface area contributed by atoms with E-state index in [1.807, 2.05) is 0 Å². The van der Waals surface area contributed by atoms with Crippen LogP contribution in [-0.4, -0.2) is 47.1 Å². The number of piperazine rings is 1. The van der Waals surface area contributed by atoms with Crippen molar-refractivity contribution in [3.8, 4) is 0 Å². The topological polar surface area (TPSA) is 61.4 Å². The average molecular weight is 315 g/mol. The summed E-state index contributed by atoms with van der Waals surface area (Å²) in [5, 5.41) is 2.73. The minimum Gasteiger partial charge on any atom is -0.352 e. The number of rotatable bonds is 2. The maximum atomic E-state index is 13.5. The van der Waals surface area contributed by atoms with Crippen LogP contribution in [0.15, 0.2) is 36.8 Å². The van der Waals surface area contributed by atoms with E-state index < -0.39 is 0 Å². The third kappa shape index (κ3) is 3.56. The lowest BCUT2D eigenvalue weighted by atomic mass is 10.2. The first-order valence-corrected chi connectivity index (χ1v) is 7.46. The minimum atomic E-state index is -0.324. The van der Waals surface area contributed by atoms with Gasteiger partial charge in [0.25, 0.3) is 0 Å². The number of aromatic nitrogens is 2. The number of aryl methyl sites for hydroxylation is 1. The van der Waals surface area contributed by atoms with Gasteiger partial charge in [-0.15, -0.1) is 0 Å². The molecule has 2 aromatic rings. The van der Waals surface area contributed by atoms with Crippen molar-refractivity contribution < 1.29 is 9.18 Å². The Balaban J connectivity index is 1.57. The predicted molar refractivity (Wildman–Crippen MR) is 86.0 cm³/mol. The van der Waals surface area contributed by atoms with Crippen molar-refractivity contribution in [1.29, 1.82) is 0 Å². The highest BCUT2D eigenvalue weighted by molar-refractivity contribution is 5.89. The van der Waals surface area contributed by atoms with Crippen LogP contribution in [0.3, 0.4) is 0 Å². The lowest BCUT2D eigenvalue weighted by Crippen LogP contribution is -2.50. The van der Waals surface area contributed by atoms with Gasteiger partial charge in [0.2, 0.25) is 0 Å². The molecular formula is C16H18FN5O. The maximum Gasteiger partial charge on any atom is 0.321 e. The van der Waals surface area contributed by atoms with Gasteiger partial charge in [0, 0.05) is 44.3 Å². The molecule has 0 radical (unpaired) electrons. The van der Waals surface area contributed by atoms with Crippen LogP contribution in [0.25, 0.3) is 0 Å². The molecule has 1 fully saturated rings. The molecule has 3 rings (SSSR count). The van der Waals surface area contributed by atoms with Crippen LogP contribution in [0, 0.1) is 12.7 Å². The van der Waals surface area contributed by atoms with Gasteiger partial charge in [-0.1, -0.05) is 6.07 Å². The molecule has 1 N–H and O–H groups in total. The van der Waals surface area contributed by atoms with E-state index in [1.165, 1.54) is 6.07 Å². The molecule has 1 saturated heterocycles. The number of benzene rings is 1. The van der Waals surface area contributed by atoms with Gasteiger partial charge in [0.1, 0.15) is 11.6 Å². The van der Waals surface area contributed by atoms with Crippen molar-refractivity contribution in [2.75, 3.05) is 36.4 Å². The second-order valence-electron chi connectivity index (χ2n) is 5.43. The van der Waals surface area contributed by atoms with Crippen molar-refractivity contribution in [3.05, 3.63) is 48.2 Å². The molecule has 1 aromatic carbocycles. The van der Waals surface area contributed by atoms with Crippen LogP contribution in [0.5, 0.6) is 0 Å². The van der Waals surface area contributed by atoms with Gasteiger partial charge < -0.3 is 15.1 Å². The number of carbonyl (C=O) groups is 1. The zero-order chi connectivity index (χ0) is 16.2. The molecule has 1 aliphatic rings. The van der Waals surface area contributed by atoms with Crippen LogP contribution < -0.4 is 10.2 Å². The standard InChI is InChI=1S/C16H18FN5O/c1-12-2-3-13(10-14(12)17)20-16(23)22-8-6-21(7-9-22)15-11-18-4-5-19-15/h2-5,10-11H,6-9H2,1H3,(H,20,23). The van der Waals surface area contributed by atoms with Crippen molar-refractivity contribution in [1.82, 2.24) is 14.9 Å². The number of nitrogens with one attached hydrogen (secondary N) is 1. The molecule has 1 aromatic heterocycles. The van der Waals surface area contributed by atoms with Crippen LogP contribution in [-0.2, 0) is 0 Å². The molecule has 2 heterocycles. The third-order valence-electron chi connectivity index (χ3n) is 3.86. The number of halogens is 1. The number of amides is 2. The van der Waals surface area contributed by atoms with Crippen molar-refractivity contribution in [2.45, 2.75) is 6.92 Å². The van der Waals surface area contributed by atoms with Crippen LogP contribution >= 0.6 is 0 Å². The Labute approximate surface area is 134 Å². The zero-order valence-corrected chi connectivity index (χ0v) is 12.9. The monoisotopic (exact) mass is 315 g/mol. The van der Waals surface area contributed by atoms with E-state index in [4.69, 9.17) is 0 Å². The predicted octanol–water partition coefficient (Wildman–Crippen LogP) is 2.28. The first kappa shape index (κ1) is 15.2. The fourth-order valence-corrected chi connectivity index (χ4v) is 2.47. The Hall–Kier alpha value is -2.70. The van der Waals surface area contributed by atoms with Gasteiger partial charge in [-0.25, -0.2) is 14.2 Å². The van der Waals surface area contributed by atoms with Gasteiger partial charge in [0.15, 0.2) is 0 Å². The Bertz CT molecular complexity index is 686. The quantitative estimate of drug-likeness (QED) is 0.923. The lowest BCUT2D eigenvalue weighted by Gasteiger charge is -2.35. The molecule has 1 aliphatic heterocycles. The number of nitrogens with zero attached hydrogens (tertiary/aromatic N) is 4. The normalized spacial score (nSPS) is 14.7. The van der Waals surface area contributed by atoms with Crippen LogP contribution in [0.2, 0.25) is 0 Å². The Morgan fingerprint density at radius 3 is 2.65 bits per heavy atom. The molecule has 2 amide bonds. The summed E-state index contributed by atoms with van der Waals surface area (Å²) >= 11 is 0. The summed E-state index contributed by atoms with van der Waals surface area (Å²) in [5.41, 5.74) is 1.02. The summed E-state index contributed by atoms with van der Waals surface area (Å²) in [6, 6.07) is 4.47. The fraction of sp³-hybridized carbons (Fsp3) is 0.312. The van der Waals surface area contributed by atoms with Crippen LogP contribution in [0.4, 0.5) is 20.7 Å². The van der Waals surface area contributed by atoms with E-state index in [-0.39, 0.29) is 11.8 Å². The molecule has 0 spiro atoms. The summed E-state index contributed by atoms with van der Waals surface area (Å²) in [6.07, 6.45) is 5.00. The van der Waals surface area contributed by atoms with E-state index in [0.717, 1.165) is 5.82 Å². The largest absolute Gasteiger partial charge is 0.352 e. The summed E-state index contributed by atoms with van der Waals surface area (Å²) in [4.78, 5) is 24.4. The number of anilines is 2. The van der Waals surface area contributed by atoms with Crippen molar-refractivity contribution in [3.63, 3.8) is 0 Å². The number of hydrogen-bond donors (Lipinski definition) is 1. The summed E-state index contributed by atoms with van der Waals surface area (Å²) in [5.74, 6) is 0.489. The smallest absolute Gasteiger partial charge is 0.321 e. The SMILES string of the molecule is Cc1ccc(NC(=O)N2CCN(c3cnccn3)CC2)cc1F. The van der Waals surface area contributed by atoms with Gasteiger partial charge in [-0.05, 0) is 24.6 Å². The summed E-state index contributed by atoms with van der Waals surface area (Å²) in [7, 11) is 0. The molecule has 0 aliphatic carbocycles. The molecule has 23 heavy (non-hydrogen) atoms. The maximum absolute atomic E-state index is 13.5. The van der Waals surface area contributed by atoms with Crippen molar-refractivity contribution in [2.24, 2.45) is 0 Å². The summed E-state index contributed by atoms with van der Waals surface area (Å²) in [6.45, 7) is 4.23. The van der Waals surface area contributed by atoms with Gasteiger partial charge >= 0.3 is 6.03 Å².